The van der Waals surface area contributed by atoms with Crippen molar-refractivity contribution in [1.82, 2.24) is 10.2 Å². The monoisotopic (exact) mass is 228 g/mol. The van der Waals surface area contributed by atoms with Crippen LogP contribution in [0.15, 0.2) is 0 Å². The first-order valence-corrected chi connectivity index (χ1v) is 6.32. The van der Waals surface area contributed by atoms with Gasteiger partial charge in [0.05, 0.1) is 0 Å². The van der Waals surface area contributed by atoms with E-state index in [-0.39, 0.29) is 6.04 Å². The van der Waals surface area contributed by atoms with E-state index >= 15 is 0 Å². The standard InChI is InChI=1S/C12H24N2O2/c1-3-6-13-11(12(15)16)5-8-14-7-4-10(2)9-14/h10-11,13H,3-9H2,1-2H3,(H,15,16). The van der Waals surface area contributed by atoms with Crippen LogP contribution in [0, 0.1) is 5.92 Å². The van der Waals surface area contributed by atoms with Gasteiger partial charge < -0.3 is 15.3 Å². The highest BCUT2D eigenvalue weighted by molar-refractivity contribution is 5.73. The minimum Gasteiger partial charge on any atom is -0.480 e. The van der Waals surface area contributed by atoms with Gasteiger partial charge in [0.2, 0.25) is 0 Å². The molecule has 0 radical (unpaired) electrons. The van der Waals surface area contributed by atoms with Gasteiger partial charge >= 0.3 is 5.97 Å². The molecule has 0 spiro atoms. The van der Waals surface area contributed by atoms with Gasteiger partial charge in [0.1, 0.15) is 6.04 Å². The van der Waals surface area contributed by atoms with E-state index in [1.807, 2.05) is 6.92 Å². The Morgan fingerprint density at radius 3 is 2.88 bits per heavy atom. The smallest absolute Gasteiger partial charge is 0.320 e. The Hall–Kier alpha value is -0.610. The summed E-state index contributed by atoms with van der Waals surface area (Å²) in [5, 5.41) is 12.1. The van der Waals surface area contributed by atoms with Gasteiger partial charge in [-0.15, -0.1) is 0 Å². The molecule has 4 nitrogen and oxygen atoms in total. The van der Waals surface area contributed by atoms with Crippen molar-refractivity contribution in [3.8, 4) is 0 Å². The van der Waals surface area contributed by atoms with E-state index in [1.165, 1.54) is 6.42 Å². The topological polar surface area (TPSA) is 52.6 Å². The van der Waals surface area contributed by atoms with Gasteiger partial charge in [-0.2, -0.15) is 0 Å². The molecule has 94 valence electrons. The number of nitrogens with one attached hydrogen (secondary N) is 1. The average Bonchev–Trinajstić information content (AvgIpc) is 2.64. The zero-order valence-electron chi connectivity index (χ0n) is 10.4. The molecule has 1 rings (SSSR count). The molecule has 1 fully saturated rings. The Kier molecular flexibility index (Phi) is 5.77. The predicted molar refractivity (Wildman–Crippen MR) is 64.6 cm³/mol. The predicted octanol–water partition coefficient (Wildman–Crippen LogP) is 1.17. The Labute approximate surface area is 98.0 Å². The van der Waals surface area contributed by atoms with E-state index in [9.17, 15) is 4.79 Å². The largest absolute Gasteiger partial charge is 0.480 e. The van der Waals surface area contributed by atoms with Crippen LogP contribution in [0.4, 0.5) is 0 Å². The van der Waals surface area contributed by atoms with Crippen molar-refractivity contribution in [2.45, 2.75) is 39.2 Å². The van der Waals surface area contributed by atoms with Crippen LogP contribution in [0.3, 0.4) is 0 Å². The minimum absolute atomic E-state index is 0.379. The van der Waals surface area contributed by atoms with Gasteiger partial charge in [0, 0.05) is 13.1 Å². The summed E-state index contributed by atoms with van der Waals surface area (Å²) in [6.45, 7) is 8.24. The molecule has 0 aromatic carbocycles. The molecule has 1 aliphatic rings. The van der Waals surface area contributed by atoms with Crippen LogP contribution in [0.25, 0.3) is 0 Å². The van der Waals surface area contributed by atoms with E-state index in [4.69, 9.17) is 5.11 Å². The lowest BCUT2D eigenvalue weighted by Crippen LogP contribution is -2.40. The number of hydrogen-bond acceptors (Lipinski definition) is 3. The maximum atomic E-state index is 11.0. The zero-order valence-corrected chi connectivity index (χ0v) is 10.4. The fourth-order valence-corrected chi connectivity index (χ4v) is 2.17. The van der Waals surface area contributed by atoms with E-state index in [2.05, 4.69) is 17.1 Å². The van der Waals surface area contributed by atoms with Crippen molar-refractivity contribution in [2.24, 2.45) is 5.92 Å². The molecule has 0 amide bonds. The quantitative estimate of drug-likeness (QED) is 0.687. The number of hydrogen-bond donors (Lipinski definition) is 2. The van der Waals surface area contributed by atoms with Gasteiger partial charge in [-0.25, -0.2) is 0 Å². The normalized spacial score (nSPS) is 23.5. The van der Waals surface area contributed by atoms with Crippen LogP contribution in [-0.2, 0) is 4.79 Å². The van der Waals surface area contributed by atoms with Gasteiger partial charge in [0.25, 0.3) is 0 Å². The van der Waals surface area contributed by atoms with Gasteiger partial charge in [0.15, 0.2) is 0 Å². The summed E-state index contributed by atoms with van der Waals surface area (Å²) >= 11 is 0. The number of carboxylic acid groups (broad SMARTS) is 1. The molecule has 2 atom stereocenters. The number of likely N-dealkylation sites (tertiary alicyclic amines) is 1. The molecule has 0 aromatic heterocycles. The molecule has 1 heterocycles. The molecule has 2 N–H and O–H groups in total. The third kappa shape index (κ3) is 4.49. The summed E-state index contributed by atoms with van der Waals surface area (Å²) in [5.41, 5.74) is 0. The van der Waals surface area contributed by atoms with E-state index in [0.717, 1.165) is 38.5 Å². The highest BCUT2D eigenvalue weighted by atomic mass is 16.4. The maximum absolute atomic E-state index is 11.0. The average molecular weight is 228 g/mol. The SMILES string of the molecule is CCCNC(CCN1CCC(C)C1)C(=O)O. The molecule has 1 aliphatic heterocycles. The molecular weight excluding hydrogens is 204 g/mol. The molecular formula is C12H24N2O2. The molecule has 4 heteroatoms. The lowest BCUT2D eigenvalue weighted by molar-refractivity contribution is -0.139. The number of nitrogens with zero attached hydrogens (tertiary/aromatic N) is 1. The highest BCUT2D eigenvalue weighted by Crippen LogP contribution is 2.15. The maximum Gasteiger partial charge on any atom is 0.320 e. The van der Waals surface area contributed by atoms with Crippen LogP contribution >= 0.6 is 0 Å². The van der Waals surface area contributed by atoms with Crippen LogP contribution in [-0.4, -0.2) is 48.2 Å². The number of aliphatic carboxylic acids is 1. The lowest BCUT2D eigenvalue weighted by Gasteiger charge is -2.19. The summed E-state index contributed by atoms with van der Waals surface area (Å²) < 4.78 is 0. The summed E-state index contributed by atoms with van der Waals surface area (Å²) in [6, 6.07) is -0.379. The van der Waals surface area contributed by atoms with Gasteiger partial charge in [-0.3, -0.25) is 4.79 Å². The van der Waals surface area contributed by atoms with Crippen molar-refractivity contribution >= 4 is 5.97 Å². The van der Waals surface area contributed by atoms with E-state index in [1.54, 1.807) is 0 Å². The van der Waals surface area contributed by atoms with Crippen LogP contribution in [0.2, 0.25) is 0 Å². The first-order chi connectivity index (χ1) is 7.63. The summed E-state index contributed by atoms with van der Waals surface area (Å²) in [6.07, 6.45) is 2.94. The lowest BCUT2D eigenvalue weighted by atomic mass is 10.2. The molecule has 2 unspecified atom stereocenters. The molecule has 0 aromatic rings. The first kappa shape index (κ1) is 13.5. The molecule has 0 saturated carbocycles. The van der Waals surface area contributed by atoms with Crippen molar-refractivity contribution in [2.75, 3.05) is 26.2 Å². The van der Waals surface area contributed by atoms with Crippen molar-refractivity contribution in [1.29, 1.82) is 0 Å². The fourth-order valence-electron chi connectivity index (χ4n) is 2.17. The minimum atomic E-state index is -0.722. The molecule has 0 aliphatic carbocycles. The second-order valence-corrected chi connectivity index (χ2v) is 4.83. The Morgan fingerprint density at radius 1 is 1.62 bits per heavy atom. The third-order valence-electron chi connectivity index (χ3n) is 3.18. The third-order valence-corrected chi connectivity index (χ3v) is 3.18. The Bertz CT molecular complexity index is 221. The number of carboxylic acids is 1. The van der Waals surface area contributed by atoms with Crippen molar-refractivity contribution < 1.29 is 9.90 Å². The summed E-state index contributed by atoms with van der Waals surface area (Å²) in [7, 11) is 0. The second kappa shape index (κ2) is 6.86. The second-order valence-electron chi connectivity index (χ2n) is 4.83. The zero-order chi connectivity index (χ0) is 12.0. The first-order valence-electron chi connectivity index (χ1n) is 6.32. The number of carbonyl (C=O) groups is 1. The highest BCUT2D eigenvalue weighted by Gasteiger charge is 2.21. The summed E-state index contributed by atoms with van der Waals surface area (Å²) in [4.78, 5) is 13.4. The van der Waals surface area contributed by atoms with Crippen LogP contribution in [0.1, 0.15) is 33.1 Å². The van der Waals surface area contributed by atoms with E-state index < -0.39 is 5.97 Å². The summed E-state index contributed by atoms with van der Waals surface area (Å²) in [5.74, 6) is 0.0487. The van der Waals surface area contributed by atoms with Crippen molar-refractivity contribution in [3.05, 3.63) is 0 Å². The van der Waals surface area contributed by atoms with Crippen LogP contribution < -0.4 is 5.32 Å². The Balaban J connectivity index is 2.23. The molecule has 0 bridgehead atoms. The van der Waals surface area contributed by atoms with Gasteiger partial charge in [-0.05, 0) is 38.3 Å². The van der Waals surface area contributed by atoms with Gasteiger partial charge in [-0.1, -0.05) is 13.8 Å². The molecule has 16 heavy (non-hydrogen) atoms. The van der Waals surface area contributed by atoms with E-state index in [0.29, 0.717) is 6.42 Å². The fraction of sp³-hybridized carbons (Fsp3) is 0.917. The Morgan fingerprint density at radius 2 is 2.38 bits per heavy atom. The van der Waals surface area contributed by atoms with Crippen molar-refractivity contribution in [3.63, 3.8) is 0 Å². The number of rotatable bonds is 7. The van der Waals surface area contributed by atoms with Crippen LogP contribution in [0.5, 0.6) is 0 Å². The molecule has 1 saturated heterocycles.